The van der Waals surface area contributed by atoms with E-state index < -0.39 is 18.0 Å². The first-order valence-electron chi connectivity index (χ1n) is 7.62. The van der Waals surface area contributed by atoms with Crippen molar-refractivity contribution in [1.29, 1.82) is 0 Å². The third-order valence-corrected chi connectivity index (χ3v) is 3.90. The molecule has 1 aliphatic rings. The number of benzene rings is 1. The molecule has 8 nitrogen and oxygen atoms in total. The Morgan fingerprint density at radius 1 is 1.44 bits per heavy atom. The van der Waals surface area contributed by atoms with Gasteiger partial charge in [0.2, 0.25) is 5.69 Å². The van der Waals surface area contributed by atoms with Crippen molar-refractivity contribution >= 4 is 23.3 Å². The zero-order valence-corrected chi connectivity index (χ0v) is 14.4. The molecule has 0 amide bonds. The van der Waals surface area contributed by atoms with E-state index in [1.165, 1.54) is 4.68 Å². The van der Waals surface area contributed by atoms with Gasteiger partial charge in [-0.05, 0) is 30.7 Å². The van der Waals surface area contributed by atoms with Gasteiger partial charge in [-0.1, -0.05) is 18.2 Å². The summed E-state index contributed by atoms with van der Waals surface area (Å²) >= 11 is 5.17. The first kappa shape index (κ1) is 16.9. The first-order chi connectivity index (χ1) is 12.0. The number of thiocarbonyl (C=S) groups is 1. The van der Waals surface area contributed by atoms with Gasteiger partial charge in [0.25, 0.3) is 5.69 Å². The van der Waals surface area contributed by atoms with Crippen LogP contribution in [0.25, 0.3) is 5.69 Å². The average molecular weight is 360 g/mol. The minimum Gasteiger partial charge on any atom is -0.539 e. The van der Waals surface area contributed by atoms with Crippen molar-refractivity contribution in [1.82, 2.24) is 15.9 Å². The molecule has 3 rings (SSSR count). The second kappa shape index (κ2) is 6.89. The average Bonchev–Trinajstić information content (AvgIpc) is 2.96. The monoisotopic (exact) mass is 360 g/mol. The minimum absolute atomic E-state index is 0.137. The van der Waals surface area contributed by atoms with Gasteiger partial charge < -0.3 is 25.0 Å². The van der Waals surface area contributed by atoms with Crippen molar-refractivity contribution in [3.05, 3.63) is 47.3 Å². The van der Waals surface area contributed by atoms with Gasteiger partial charge in [0.1, 0.15) is 0 Å². The SMILES string of the molecule is CCOC(=O)C1=C(C)NC(=S)NC1c1c([O-])on[n+]1-c1ccccc1. The van der Waals surface area contributed by atoms with Gasteiger partial charge in [0, 0.05) is 17.8 Å². The summed E-state index contributed by atoms with van der Waals surface area (Å²) in [6.45, 7) is 3.61. The molecule has 1 atom stereocenters. The van der Waals surface area contributed by atoms with Crippen LogP contribution in [0.3, 0.4) is 0 Å². The molecule has 9 heteroatoms. The van der Waals surface area contributed by atoms with Crippen molar-refractivity contribution < 1.29 is 23.8 Å². The van der Waals surface area contributed by atoms with E-state index in [0.717, 1.165) is 0 Å². The van der Waals surface area contributed by atoms with Gasteiger partial charge in [-0.15, -0.1) is 0 Å². The highest BCUT2D eigenvalue weighted by molar-refractivity contribution is 7.80. The summed E-state index contributed by atoms with van der Waals surface area (Å²) in [7, 11) is 0. The molecular weight excluding hydrogens is 344 g/mol. The molecule has 0 aliphatic carbocycles. The molecule has 2 heterocycles. The Morgan fingerprint density at radius 2 is 2.16 bits per heavy atom. The van der Waals surface area contributed by atoms with E-state index in [9.17, 15) is 9.90 Å². The summed E-state index contributed by atoms with van der Waals surface area (Å²) in [5.74, 6) is -1.21. The number of hydrogen-bond acceptors (Lipinski definition) is 6. The number of carbonyl (C=O) groups excluding carboxylic acids is 1. The van der Waals surface area contributed by atoms with Gasteiger partial charge in [-0.25, -0.2) is 4.79 Å². The van der Waals surface area contributed by atoms with Gasteiger partial charge in [0.15, 0.2) is 17.1 Å². The van der Waals surface area contributed by atoms with Crippen molar-refractivity contribution in [2.24, 2.45) is 0 Å². The maximum absolute atomic E-state index is 12.4. The molecule has 1 aliphatic heterocycles. The Morgan fingerprint density at radius 3 is 2.84 bits per heavy atom. The molecule has 0 saturated heterocycles. The van der Waals surface area contributed by atoms with Crippen LogP contribution in [0.1, 0.15) is 25.6 Å². The molecule has 0 radical (unpaired) electrons. The van der Waals surface area contributed by atoms with E-state index >= 15 is 0 Å². The van der Waals surface area contributed by atoms with Crippen molar-refractivity contribution in [3.63, 3.8) is 0 Å². The normalized spacial score (nSPS) is 17.0. The smallest absolute Gasteiger partial charge is 0.338 e. The Hall–Kier alpha value is -2.94. The predicted octanol–water partition coefficient (Wildman–Crippen LogP) is 0.381. The van der Waals surface area contributed by atoms with Crippen LogP contribution in [-0.2, 0) is 9.53 Å². The Bertz CT molecular complexity index is 847. The molecule has 0 fully saturated rings. The summed E-state index contributed by atoms with van der Waals surface area (Å²) < 4.78 is 11.3. The number of esters is 1. The van der Waals surface area contributed by atoms with Crippen LogP contribution in [-0.4, -0.2) is 23.0 Å². The van der Waals surface area contributed by atoms with E-state index in [1.54, 1.807) is 38.1 Å². The highest BCUT2D eigenvalue weighted by Crippen LogP contribution is 2.30. The maximum atomic E-state index is 12.4. The lowest BCUT2D eigenvalue weighted by molar-refractivity contribution is -0.678. The summed E-state index contributed by atoms with van der Waals surface area (Å²) in [6.07, 6.45) is 0. The standard InChI is InChI=1S/C16H16N4O4S/c1-3-23-14(21)11-9(2)17-16(25)18-12(11)13-15(22)24-19-20(13)10-7-5-4-6-8-10/h4-8,12H,3H2,1-2H3,(H2-,17,18,19,21,22,25). The van der Waals surface area contributed by atoms with Gasteiger partial charge in [0.05, 0.1) is 17.5 Å². The van der Waals surface area contributed by atoms with E-state index in [2.05, 4.69) is 15.9 Å². The molecule has 25 heavy (non-hydrogen) atoms. The molecule has 130 valence electrons. The van der Waals surface area contributed by atoms with Crippen LogP contribution in [0.5, 0.6) is 5.95 Å². The zero-order chi connectivity index (χ0) is 18.0. The predicted molar refractivity (Wildman–Crippen MR) is 88.4 cm³/mol. The van der Waals surface area contributed by atoms with Gasteiger partial charge >= 0.3 is 5.97 Å². The van der Waals surface area contributed by atoms with Crippen LogP contribution < -0.4 is 20.4 Å². The molecule has 0 bridgehead atoms. The molecule has 2 aromatic rings. The highest BCUT2D eigenvalue weighted by atomic mass is 32.1. The summed E-state index contributed by atoms with van der Waals surface area (Å²) in [6, 6.07) is 8.15. The number of ether oxygens (including phenoxy) is 1. The number of nitrogens with one attached hydrogen (secondary N) is 2. The zero-order valence-electron chi connectivity index (χ0n) is 13.6. The number of nitrogens with zero attached hydrogens (tertiary/aromatic N) is 2. The largest absolute Gasteiger partial charge is 0.539 e. The van der Waals surface area contributed by atoms with Crippen LogP contribution in [0.4, 0.5) is 0 Å². The fourth-order valence-electron chi connectivity index (χ4n) is 2.63. The number of allylic oxidation sites excluding steroid dienone is 1. The summed E-state index contributed by atoms with van der Waals surface area (Å²) in [4.78, 5) is 12.4. The van der Waals surface area contributed by atoms with Crippen LogP contribution in [0.2, 0.25) is 0 Å². The van der Waals surface area contributed by atoms with Crippen LogP contribution >= 0.6 is 12.2 Å². The number of rotatable bonds is 4. The summed E-state index contributed by atoms with van der Waals surface area (Å²) in [5, 5.41) is 22.2. The quantitative estimate of drug-likeness (QED) is 0.458. The van der Waals surface area contributed by atoms with E-state index in [-0.39, 0.29) is 23.0 Å². The topological polar surface area (TPSA) is 103 Å². The maximum Gasteiger partial charge on any atom is 0.338 e. The molecular formula is C16H16N4O4S. The molecule has 2 N–H and O–H groups in total. The van der Waals surface area contributed by atoms with Crippen molar-refractivity contribution in [2.75, 3.05) is 6.61 Å². The number of aromatic nitrogens is 2. The fraction of sp³-hybridized carbons (Fsp3) is 0.250. The van der Waals surface area contributed by atoms with Crippen molar-refractivity contribution in [3.8, 4) is 11.6 Å². The molecule has 1 aromatic carbocycles. The molecule has 1 aromatic heterocycles. The lowest BCUT2D eigenvalue weighted by atomic mass is 10.00. The Kier molecular flexibility index (Phi) is 4.66. The first-order valence-corrected chi connectivity index (χ1v) is 8.03. The molecule has 0 spiro atoms. The van der Waals surface area contributed by atoms with E-state index in [4.69, 9.17) is 21.5 Å². The van der Waals surface area contributed by atoms with Crippen molar-refractivity contribution in [2.45, 2.75) is 19.9 Å². The number of hydrogen-bond donors (Lipinski definition) is 2. The highest BCUT2D eigenvalue weighted by Gasteiger charge is 2.39. The third kappa shape index (κ3) is 3.18. The third-order valence-electron chi connectivity index (χ3n) is 3.68. The van der Waals surface area contributed by atoms with Crippen LogP contribution in [0.15, 0.2) is 46.1 Å². The number of para-hydroxylation sites is 1. The fourth-order valence-corrected chi connectivity index (χ4v) is 2.90. The molecule has 0 saturated carbocycles. The van der Waals surface area contributed by atoms with E-state index in [0.29, 0.717) is 11.4 Å². The van der Waals surface area contributed by atoms with E-state index in [1.807, 2.05) is 6.07 Å². The minimum atomic E-state index is -0.841. The second-order valence-electron chi connectivity index (χ2n) is 5.28. The Balaban J connectivity index is 2.14. The lowest BCUT2D eigenvalue weighted by Crippen LogP contribution is -2.50. The van der Waals surface area contributed by atoms with Gasteiger partial charge in [-0.2, -0.15) is 0 Å². The van der Waals surface area contributed by atoms with Gasteiger partial charge in [-0.3, -0.25) is 0 Å². The second-order valence-corrected chi connectivity index (χ2v) is 5.69. The van der Waals surface area contributed by atoms with Crippen LogP contribution in [0, 0.1) is 0 Å². The summed E-state index contributed by atoms with van der Waals surface area (Å²) in [5.41, 5.74) is 1.51. The number of carbonyl (C=O) groups is 1. The Labute approximate surface area is 149 Å². The lowest BCUT2D eigenvalue weighted by Gasteiger charge is -2.27. The molecule has 1 unspecified atom stereocenters.